The van der Waals surface area contributed by atoms with Crippen molar-refractivity contribution in [1.29, 1.82) is 0 Å². The molecule has 100 valence electrons. The van der Waals surface area contributed by atoms with Crippen LogP contribution in [-0.2, 0) is 17.6 Å². The number of likely N-dealkylation sites (tertiary alicyclic amines) is 1. The van der Waals surface area contributed by atoms with Crippen LogP contribution in [0.25, 0.3) is 0 Å². The fraction of sp³-hybridized carbons (Fsp3) is 0.692. The van der Waals surface area contributed by atoms with Gasteiger partial charge in [-0.15, -0.1) is 0 Å². The number of rotatable bonds is 6. The summed E-state index contributed by atoms with van der Waals surface area (Å²) in [7, 11) is 3.37. The van der Waals surface area contributed by atoms with Crippen LogP contribution in [0.4, 0.5) is 0 Å². The molecule has 1 fully saturated rings. The van der Waals surface area contributed by atoms with Crippen molar-refractivity contribution in [3.05, 3.63) is 17.5 Å². The van der Waals surface area contributed by atoms with E-state index in [1.54, 1.807) is 14.2 Å². The minimum atomic E-state index is 0.419. The summed E-state index contributed by atoms with van der Waals surface area (Å²) in [6.45, 7) is 5.22. The van der Waals surface area contributed by atoms with Crippen LogP contribution in [0.1, 0.15) is 18.2 Å². The molecule has 18 heavy (non-hydrogen) atoms. The summed E-state index contributed by atoms with van der Waals surface area (Å²) in [4.78, 5) is 11.0. The number of hydrogen-bond acceptors (Lipinski definition) is 5. The molecule has 0 aromatic carbocycles. The Morgan fingerprint density at radius 3 is 2.78 bits per heavy atom. The first-order valence-electron chi connectivity index (χ1n) is 6.40. The maximum atomic E-state index is 5.26. The number of ether oxygens (including phenoxy) is 2. The molecule has 1 aromatic rings. The molecule has 2 heterocycles. The molecule has 0 unspecified atom stereocenters. The van der Waals surface area contributed by atoms with Gasteiger partial charge >= 0.3 is 6.01 Å². The highest BCUT2D eigenvalue weighted by Crippen LogP contribution is 2.15. The summed E-state index contributed by atoms with van der Waals surface area (Å²) in [5, 5.41) is 0. The van der Waals surface area contributed by atoms with Crippen LogP contribution in [0.3, 0.4) is 0 Å². The zero-order chi connectivity index (χ0) is 13.0. The van der Waals surface area contributed by atoms with Crippen LogP contribution >= 0.6 is 0 Å². The predicted molar refractivity (Wildman–Crippen MR) is 68.9 cm³/mol. The quantitative estimate of drug-likeness (QED) is 0.752. The van der Waals surface area contributed by atoms with Crippen LogP contribution in [0.2, 0.25) is 0 Å². The Morgan fingerprint density at radius 2 is 2.17 bits per heavy atom. The topological polar surface area (TPSA) is 47.5 Å². The molecule has 1 aliphatic heterocycles. The second-order valence-corrected chi connectivity index (χ2v) is 4.55. The van der Waals surface area contributed by atoms with Gasteiger partial charge in [-0.05, 0) is 18.4 Å². The third-order valence-electron chi connectivity index (χ3n) is 3.40. The summed E-state index contributed by atoms with van der Waals surface area (Å²) in [6, 6.07) is 0.457. The van der Waals surface area contributed by atoms with Gasteiger partial charge in [-0.1, -0.05) is 6.92 Å². The highest BCUT2D eigenvalue weighted by atomic mass is 16.5. The fourth-order valence-electron chi connectivity index (χ4n) is 2.17. The molecule has 0 bridgehead atoms. The number of nitrogens with zero attached hydrogens (tertiary/aromatic N) is 3. The fourth-order valence-corrected chi connectivity index (χ4v) is 2.17. The summed E-state index contributed by atoms with van der Waals surface area (Å²) in [5.41, 5.74) is 2.31. The van der Waals surface area contributed by atoms with Gasteiger partial charge in [0, 0.05) is 32.9 Å². The van der Waals surface area contributed by atoms with Crippen LogP contribution in [0, 0.1) is 0 Å². The van der Waals surface area contributed by atoms with Crippen molar-refractivity contribution in [2.24, 2.45) is 0 Å². The summed E-state index contributed by atoms with van der Waals surface area (Å²) < 4.78 is 10.3. The molecular weight excluding hydrogens is 230 g/mol. The van der Waals surface area contributed by atoms with E-state index in [1.165, 1.54) is 5.56 Å². The lowest BCUT2D eigenvalue weighted by molar-refractivity contribution is -0.0285. The molecule has 0 radical (unpaired) electrons. The van der Waals surface area contributed by atoms with E-state index in [0.29, 0.717) is 12.1 Å². The SMILES string of the molecule is CCc1nc(OC)ncc1CCN1CC(OC)C1. The lowest BCUT2D eigenvalue weighted by atomic mass is 10.1. The number of aryl methyl sites for hydroxylation is 1. The first-order chi connectivity index (χ1) is 8.76. The summed E-state index contributed by atoms with van der Waals surface area (Å²) in [6.07, 6.45) is 4.21. The van der Waals surface area contributed by atoms with Crippen molar-refractivity contribution in [1.82, 2.24) is 14.9 Å². The average molecular weight is 251 g/mol. The van der Waals surface area contributed by atoms with E-state index in [0.717, 1.165) is 38.2 Å². The lowest BCUT2D eigenvalue weighted by Gasteiger charge is -2.38. The van der Waals surface area contributed by atoms with E-state index in [9.17, 15) is 0 Å². The molecule has 1 aromatic heterocycles. The first-order valence-corrected chi connectivity index (χ1v) is 6.40. The van der Waals surface area contributed by atoms with Gasteiger partial charge in [0.25, 0.3) is 0 Å². The average Bonchev–Trinajstić information content (AvgIpc) is 2.37. The predicted octanol–water partition coefficient (Wildman–Crippen LogP) is 0.921. The van der Waals surface area contributed by atoms with Crippen LogP contribution in [-0.4, -0.2) is 54.8 Å². The van der Waals surface area contributed by atoms with E-state index < -0.39 is 0 Å². The van der Waals surface area contributed by atoms with Crippen molar-refractivity contribution < 1.29 is 9.47 Å². The Bertz CT molecular complexity index is 392. The summed E-state index contributed by atoms with van der Waals surface area (Å²) >= 11 is 0. The van der Waals surface area contributed by atoms with Gasteiger partial charge in [-0.25, -0.2) is 9.97 Å². The monoisotopic (exact) mass is 251 g/mol. The van der Waals surface area contributed by atoms with E-state index in [-0.39, 0.29) is 0 Å². The largest absolute Gasteiger partial charge is 0.467 e. The van der Waals surface area contributed by atoms with Gasteiger partial charge in [-0.3, -0.25) is 4.90 Å². The molecule has 0 atom stereocenters. The molecule has 5 nitrogen and oxygen atoms in total. The van der Waals surface area contributed by atoms with Gasteiger partial charge in [0.05, 0.1) is 18.9 Å². The van der Waals surface area contributed by atoms with Gasteiger partial charge in [0.1, 0.15) is 0 Å². The molecule has 1 aliphatic rings. The standard InChI is InChI=1S/C13H21N3O2/c1-4-12-10(7-14-13(15-12)18-3)5-6-16-8-11(9-16)17-2/h7,11H,4-6,8-9H2,1-3H3. The minimum absolute atomic E-state index is 0.419. The molecule has 5 heteroatoms. The number of hydrogen-bond donors (Lipinski definition) is 0. The Balaban J connectivity index is 1.89. The van der Waals surface area contributed by atoms with Gasteiger partial charge in [-0.2, -0.15) is 0 Å². The molecule has 0 amide bonds. The van der Waals surface area contributed by atoms with Gasteiger partial charge < -0.3 is 9.47 Å². The second kappa shape index (κ2) is 6.11. The molecule has 0 spiro atoms. The van der Waals surface area contributed by atoms with Crippen LogP contribution in [0.15, 0.2) is 6.20 Å². The van der Waals surface area contributed by atoms with E-state index in [2.05, 4.69) is 21.8 Å². The Morgan fingerprint density at radius 1 is 1.39 bits per heavy atom. The van der Waals surface area contributed by atoms with E-state index in [1.807, 2.05) is 6.20 Å². The maximum absolute atomic E-state index is 5.26. The maximum Gasteiger partial charge on any atom is 0.316 e. The normalized spacial score (nSPS) is 16.6. The molecule has 0 N–H and O–H groups in total. The van der Waals surface area contributed by atoms with Gasteiger partial charge in [0.2, 0.25) is 0 Å². The smallest absolute Gasteiger partial charge is 0.316 e. The molecular formula is C13H21N3O2. The zero-order valence-corrected chi connectivity index (χ0v) is 11.3. The Kier molecular flexibility index (Phi) is 4.49. The number of aromatic nitrogens is 2. The van der Waals surface area contributed by atoms with Crippen molar-refractivity contribution in [3.8, 4) is 6.01 Å². The first kappa shape index (κ1) is 13.2. The molecule has 1 saturated heterocycles. The molecule has 0 aliphatic carbocycles. The Labute approximate surface area is 108 Å². The van der Waals surface area contributed by atoms with Crippen molar-refractivity contribution in [3.63, 3.8) is 0 Å². The molecule has 2 rings (SSSR count). The molecule has 0 saturated carbocycles. The minimum Gasteiger partial charge on any atom is -0.467 e. The van der Waals surface area contributed by atoms with E-state index >= 15 is 0 Å². The second-order valence-electron chi connectivity index (χ2n) is 4.55. The lowest BCUT2D eigenvalue weighted by Crippen LogP contribution is -2.52. The van der Waals surface area contributed by atoms with Crippen molar-refractivity contribution >= 4 is 0 Å². The van der Waals surface area contributed by atoms with Crippen molar-refractivity contribution in [2.75, 3.05) is 33.9 Å². The van der Waals surface area contributed by atoms with Crippen LogP contribution in [0.5, 0.6) is 6.01 Å². The zero-order valence-electron chi connectivity index (χ0n) is 11.3. The van der Waals surface area contributed by atoms with E-state index in [4.69, 9.17) is 9.47 Å². The third-order valence-corrected chi connectivity index (χ3v) is 3.40. The summed E-state index contributed by atoms with van der Waals surface area (Å²) in [5.74, 6) is 0. The number of methoxy groups -OCH3 is 2. The highest BCUT2D eigenvalue weighted by Gasteiger charge is 2.25. The third kappa shape index (κ3) is 2.97. The van der Waals surface area contributed by atoms with Crippen molar-refractivity contribution in [2.45, 2.75) is 25.9 Å². The van der Waals surface area contributed by atoms with Gasteiger partial charge in [0.15, 0.2) is 0 Å². The van der Waals surface area contributed by atoms with Crippen LogP contribution < -0.4 is 4.74 Å². The highest BCUT2D eigenvalue weighted by molar-refractivity contribution is 5.19. The Hall–Kier alpha value is -1.20.